The number of hydrogen-bond acceptors (Lipinski definition) is 3. The zero-order valence-electron chi connectivity index (χ0n) is 10.3. The Morgan fingerprint density at radius 3 is 2.53 bits per heavy atom. The average molecular weight is 287 g/mol. The van der Waals surface area contributed by atoms with Crippen molar-refractivity contribution in [2.24, 2.45) is 0 Å². The third kappa shape index (κ3) is 2.88. The quantitative estimate of drug-likeness (QED) is 0.502. The lowest BCUT2D eigenvalue weighted by Gasteiger charge is -2.04. The van der Waals surface area contributed by atoms with E-state index in [-0.39, 0.29) is 0 Å². The number of rotatable bonds is 2. The van der Waals surface area contributed by atoms with Crippen LogP contribution in [0.1, 0.15) is 5.69 Å². The predicted octanol–water partition coefficient (Wildman–Crippen LogP) is 4.74. The maximum Gasteiger partial charge on any atom is 0.223 e. The lowest BCUT2D eigenvalue weighted by atomic mass is 10.1. The van der Waals surface area contributed by atoms with Gasteiger partial charge in [0.2, 0.25) is 5.28 Å². The fourth-order valence-electron chi connectivity index (χ4n) is 1.91. The standard InChI is InChI=1S/C15H11ClN2S/c1-10-8-14(18-15(16)17-10)19-13-7-6-11-4-2-3-5-12(11)9-13/h2-9H,1H3. The summed E-state index contributed by atoms with van der Waals surface area (Å²) in [7, 11) is 0. The van der Waals surface area contributed by atoms with Crippen molar-refractivity contribution in [3.8, 4) is 0 Å². The zero-order valence-corrected chi connectivity index (χ0v) is 11.9. The maximum atomic E-state index is 5.88. The fourth-order valence-corrected chi connectivity index (χ4v) is 3.11. The van der Waals surface area contributed by atoms with E-state index in [0.717, 1.165) is 15.6 Å². The van der Waals surface area contributed by atoms with Crippen molar-refractivity contribution in [2.75, 3.05) is 0 Å². The molecule has 2 aromatic carbocycles. The molecule has 0 amide bonds. The topological polar surface area (TPSA) is 25.8 Å². The zero-order chi connectivity index (χ0) is 13.2. The fraction of sp³-hybridized carbons (Fsp3) is 0.0667. The van der Waals surface area contributed by atoms with E-state index in [4.69, 9.17) is 11.6 Å². The van der Waals surface area contributed by atoms with Gasteiger partial charge in [-0.1, -0.05) is 42.1 Å². The summed E-state index contributed by atoms with van der Waals surface area (Å²) < 4.78 is 0. The highest BCUT2D eigenvalue weighted by molar-refractivity contribution is 7.99. The van der Waals surface area contributed by atoms with Crippen molar-refractivity contribution in [3.63, 3.8) is 0 Å². The minimum absolute atomic E-state index is 0.295. The number of fused-ring (bicyclic) bond motifs is 1. The number of aromatic nitrogens is 2. The molecule has 0 atom stereocenters. The maximum absolute atomic E-state index is 5.88. The second-order valence-electron chi connectivity index (χ2n) is 4.23. The Bertz CT molecular complexity index is 723. The average Bonchev–Trinajstić information content (AvgIpc) is 2.37. The van der Waals surface area contributed by atoms with Gasteiger partial charge in [0, 0.05) is 10.6 Å². The Balaban J connectivity index is 1.96. The second-order valence-corrected chi connectivity index (χ2v) is 5.66. The minimum Gasteiger partial charge on any atom is -0.223 e. The number of benzene rings is 2. The molecule has 4 heteroatoms. The summed E-state index contributed by atoms with van der Waals surface area (Å²) in [6.07, 6.45) is 0. The van der Waals surface area contributed by atoms with E-state index in [1.165, 1.54) is 10.8 Å². The number of nitrogens with zero attached hydrogens (tertiary/aromatic N) is 2. The van der Waals surface area contributed by atoms with Crippen molar-refractivity contribution >= 4 is 34.1 Å². The van der Waals surface area contributed by atoms with Crippen molar-refractivity contribution in [3.05, 3.63) is 59.5 Å². The largest absolute Gasteiger partial charge is 0.223 e. The van der Waals surface area contributed by atoms with Gasteiger partial charge in [0.1, 0.15) is 5.03 Å². The molecule has 0 unspecified atom stereocenters. The van der Waals surface area contributed by atoms with Crippen LogP contribution in [0.25, 0.3) is 10.8 Å². The summed E-state index contributed by atoms with van der Waals surface area (Å²) in [5, 5.41) is 3.63. The van der Waals surface area contributed by atoms with Crippen LogP contribution in [0, 0.1) is 6.92 Å². The molecule has 0 bridgehead atoms. The van der Waals surface area contributed by atoms with Crippen LogP contribution in [-0.2, 0) is 0 Å². The van der Waals surface area contributed by atoms with E-state index in [0.29, 0.717) is 5.28 Å². The molecule has 0 radical (unpaired) electrons. The van der Waals surface area contributed by atoms with Gasteiger partial charge in [0.25, 0.3) is 0 Å². The first kappa shape index (κ1) is 12.5. The van der Waals surface area contributed by atoms with Crippen molar-refractivity contribution in [1.29, 1.82) is 0 Å². The molecule has 94 valence electrons. The van der Waals surface area contributed by atoms with Gasteiger partial charge in [0.05, 0.1) is 0 Å². The summed E-state index contributed by atoms with van der Waals surface area (Å²) in [4.78, 5) is 9.44. The highest BCUT2D eigenvalue weighted by atomic mass is 35.5. The molecular formula is C15H11ClN2S. The van der Waals surface area contributed by atoms with E-state index >= 15 is 0 Å². The molecule has 0 spiro atoms. The molecule has 0 saturated carbocycles. The van der Waals surface area contributed by atoms with E-state index in [1.807, 2.05) is 25.1 Å². The molecule has 1 heterocycles. The van der Waals surface area contributed by atoms with Gasteiger partial charge in [0.15, 0.2) is 0 Å². The summed E-state index contributed by atoms with van der Waals surface area (Å²) in [6, 6.07) is 16.6. The van der Waals surface area contributed by atoms with Crippen molar-refractivity contribution in [2.45, 2.75) is 16.8 Å². The Morgan fingerprint density at radius 2 is 1.74 bits per heavy atom. The van der Waals surface area contributed by atoms with E-state index in [2.05, 4.69) is 40.3 Å². The highest BCUT2D eigenvalue weighted by Crippen LogP contribution is 2.29. The monoisotopic (exact) mass is 286 g/mol. The van der Waals surface area contributed by atoms with Crippen LogP contribution in [-0.4, -0.2) is 9.97 Å². The van der Waals surface area contributed by atoms with Crippen LogP contribution in [0.2, 0.25) is 5.28 Å². The molecular weight excluding hydrogens is 276 g/mol. The van der Waals surface area contributed by atoms with E-state index in [1.54, 1.807) is 11.8 Å². The van der Waals surface area contributed by atoms with Crippen LogP contribution >= 0.6 is 23.4 Å². The van der Waals surface area contributed by atoms with Crippen molar-refractivity contribution < 1.29 is 0 Å². The minimum atomic E-state index is 0.295. The molecule has 3 rings (SSSR count). The molecule has 0 saturated heterocycles. The van der Waals surface area contributed by atoms with E-state index in [9.17, 15) is 0 Å². The van der Waals surface area contributed by atoms with Gasteiger partial charge in [-0.25, -0.2) is 9.97 Å². The van der Waals surface area contributed by atoms with Gasteiger partial charge >= 0.3 is 0 Å². The van der Waals surface area contributed by atoms with Gasteiger partial charge in [-0.15, -0.1) is 0 Å². The SMILES string of the molecule is Cc1cc(Sc2ccc3ccccc3c2)nc(Cl)n1. The van der Waals surface area contributed by atoms with Crippen LogP contribution < -0.4 is 0 Å². The van der Waals surface area contributed by atoms with Gasteiger partial charge in [-0.3, -0.25) is 0 Å². The third-order valence-electron chi connectivity index (χ3n) is 2.75. The summed E-state index contributed by atoms with van der Waals surface area (Å²) >= 11 is 7.47. The predicted molar refractivity (Wildman–Crippen MR) is 79.9 cm³/mol. The molecule has 2 nitrogen and oxygen atoms in total. The summed E-state index contributed by atoms with van der Waals surface area (Å²) in [5.74, 6) is 0. The first-order valence-corrected chi connectivity index (χ1v) is 7.08. The Hall–Kier alpha value is -1.58. The van der Waals surface area contributed by atoms with Gasteiger partial charge < -0.3 is 0 Å². The third-order valence-corrected chi connectivity index (χ3v) is 3.82. The van der Waals surface area contributed by atoms with Crippen LogP contribution in [0.15, 0.2) is 58.5 Å². The molecule has 1 aromatic heterocycles. The Morgan fingerprint density at radius 1 is 0.947 bits per heavy atom. The second kappa shape index (κ2) is 5.19. The molecule has 0 aliphatic heterocycles. The Kier molecular flexibility index (Phi) is 3.40. The normalized spacial score (nSPS) is 10.8. The van der Waals surface area contributed by atoms with Gasteiger partial charge in [-0.05, 0) is 47.5 Å². The highest BCUT2D eigenvalue weighted by Gasteiger charge is 2.03. The van der Waals surface area contributed by atoms with Crippen LogP contribution in [0.4, 0.5) is 0 Å². The van der Waals surface area contributed by atoms with Crippen molar-refractivity contribution in [1.82, 2.24) is 9.97 Å². The summed E-state index contributed by atoms with van der Waals surface area (Å²) in [6.45, 7) is 1.91. The number of hydrogen-bond donors (Lipinski definition) is 0. The van der Waals surface area contributed by atoms with E-state index < -0.39 is 0 Å². The summed E-state index contributed by atoms with van der Waals surface area (Å²) in [5.41, 5.74) is 0.878. The molecule has 0 N–H and O–H groups in total. The lowest BCUT2D eigenvalue weighted by molar-refractivity contribution is 1.01. The molecule has 0 fully saturated rings. The molecule has 0 aliphatic rings. The first-order chi connectivity index (χ1) is 9.20. The lowest BCUT2D eigenvalue weighted by Crippen LogP contribution is -1.88. The van der Waals surface area contributed by atoms with Crippen LogP contribution in [0.3, 0.4) is 0 Å². The smallest absolute Gasteiger partial charge is 0.223 e. The number of halogens is 1. The molecule has 0 aliphatic carbocycles. The number of aryl methyl sites for hydroxylation is 1. The Labute approximate surface area is 120 Å². The first-order valence-electron chi connectivity index (χ1n) is 5.88. The van der Waals surface area contributed by atoms with Crippen LogP contribution in [0.5, 0.6) is 0 Å². The molecule has 19 heavy (non-hydrogen) atoms. The molecule has 3 aromatic rings. The van der Waals surface area contributed by atoms with Gasteiger partial charge in [-0.2, -0.15) is 0 Å².